The second-order valence-electron chi connectivity index (χ2n) is 12.8. The van der Waals surface area contributed by atoms with E-state index >= 15 is 0 Å². The van der Waals surface area contributed by atoms with Gasteiger partial charge in [-0.2, -0.15) is 5.10 Å². The molecule has 4 aromatic carbocycles. The summed E-state index contributed by atoms with van der Waals surface area (Å²) in [7, 11) is 1.69. The zero-order valence-electron chi connectivity index (χ0n) is 27.9. The number of carboxylic acid groups (broad SMARTS) is 1. The zero-order valence-corrected chi connectivity index (χ0v) is 27.9. The lowest BCUT2D eigenvalue weighted by atomic mass is 9.98. The van der Waals surface area contributed by atoms with Crippen molar-refractivity contribution in [3.8, 4) is 5.75 Å². The molecule has 2 aliphatic rings. The first-order valence-electron chi connectivity index (χ1n) is 16.6. The van der Waals surface area contributed by atoms with Crippen molar-refractivity contribution >= 4 is 34.7 Å². The number of rotatable bonds is 9. The van der Waals surface area contributed by atoms with Crippen molar-refractivity contribution in [2.45, 2.75) is 45.7 Å². The van der Waals surface area contributed by atoms with Crippen LogP contribution in [-0.4, -0.2) is 96.0 Å². The maximum absolute atomic E-state index is 14.4. The predicted molar refractivity (Wildman–Crippen MR) is 194 cm³/mol. The van der Waals surface area contributed by atoms with Gasteiger partial charge in [0.15, 0.2) is 0 Å². The summed E-state index contributed by atoms with van der Waals surface area (Å²) in [6, 6.07) is 27.2. The molecule has 1 aromatic heterocycles. The molecule has 0 aliphatic carbocycles. The van der Waals surface area contributed by atoms with Crippen LogP contribution >= 0.6 is 0 Å². The van der Waals surface area contributed by atoms with Gasteiger partial charge in [0.2, 0.25) is 11.8 Å². The molecule has 7 rings (SSSR count). The average molecular weight is 704 g/mol. The van der Waals surface area contributed by atoms with Gasteiger partial charge in [-0.3, -0.25) is 14.3 Å². The van der Waals surface area contributed by atoms with Gasteiger partial charge in [-0.1, -0.05) is 80.2 Å². The van der Waals surface area contributed by atoms with Gasteiger partial charge < -0.3 is 25.3 Å². The van der Waals surface area contributed by atoms with E-state index in [0.29, 0.717) is 5.56 Å². The monoisotopic (exact) mass is 703 g/mol. The first kappa shape index (κ1) is 35.6. The summed E-state index contributed by atoms with van der Waals surface area (Å²) in [4.78, 5) is 57.0. The largest absolute Gasteiger partial charge is 0.508 e. The Kier molecular flexibility index (Phi) is 10.2. The molecule has 0 bridgehead atoms. The molecule has 0 radical (unpaired) electrons. The normalized spacial score (nSPS) is 17.5. The summed E-state index contributed by atoms with van der Waals surface area (Å²) in [6.45, 7) is 0.689. The van der Waals surface area contributed by atoms with Crippen molar-refractivity contribution in [1.82, 2.24) is 34.9 Å². The van der Waals surface area contributed by atoms with Crippen molar-refractivity contribution < 1.29 is 29.4 Å². The Balaban J connectivity index is 0.00000464. The summed E-state index contributed by atoms with van der Waals surface area (Å²) >= 11 is 0. The fourth-order valence-electron chi connectivity index (χ4n) is 7.02. The molecular formula is C39H41N7O6. The van der Waals surface area contributed by atoms with E-state index in [1.807, 2.05) is 48.5 Å². The number of aromatic nitrogens is 2. The summed E-state index contributed by atoms with van der Waals surface area (Å²) in [5, 5.41) is 31.1. The number of carboxylic acids is 1. The van der Waals surface area contributed by atoms with E-state index < -0.39 is 24.2 Å². The number of carbonyl (C=O) groups excluding carboxylic acids is 3. The minimum atomic E-state index is -1.02. The van der Waals surface area contributed by atoms with Crippen LogP contribution < -0.4 is 5.32 Å². The molecule has 268 valence electrons. The number of aromatic hydroxyl groups is 1. The fourth-order valence-corrected chi connectivity index (χ4v) is 7.02. The Hall–Kier alpha value is -6.21. The molecule has 3 N–H and O–H groups in total. The fraction of sp³-hybridized carbons (Fsp3) is 0.256. The number of phenols is 1. The Morgan fingerprint density at radius 3 is 2.33 bits per heavy atom. The lowest BCUT2D eigenvalue weighted by Crippen LogP contribution is -2.76. The Labute approximate surface area is 301 Å². The molecule has 5 aromatic rings. The number of benzene rings is 4. The van der Waals surface area contributed by atoms with Crippen LogP contribution in [0.1, 0.15) is 40.0 Å². The standard InChI is InChI=1S/C38H37N7O6.CH4/c1-41-24-35(47)44-33(18-25-14-16-29(46)17-15-25)36(48)42(23-34(44)45(41)38(51)39-19-26-8-3-2-4-9-26)21-27-11-7-13-32-31(27)20-40-43(32)22-28-10-5-6-12-30(28)37(49)50;/h2-17,20,33-34,46H,18-19,21-24H2,1H3,(H,39,51)(H,49,50);1H4/t33-,34-;/m0./s1. The second-order valence-corrected chi connectivity index (χ2v) is 12.8. The van der Waals surface area contributed by atoms with Crippen molar-refractivity contribution in [2.75, 3.05) is 20.1 Å². The molecule has 3 heterocycles. The molecule has 0 unspecified atom stereocenters. The van der Waals surface area contributed by atoms with Crippen LogP contribution in [0.4, 0.5) is 4.79 Å². The number of hydrazine groups is 1. The van der Waals surface area contributed by atoms with Gasteiger partial charge in [-0.15, -0.1) is 0 Å². The third-order valence-electron chi connectivity index (χ3n) is 9.51. The minimum Gasteiger partial charge on any atom is -0.508 e. The van der Waals surface area contributed by atoms with Crippen LogP contribution in [0.15, 0.2) is 103 Å². The van der Waals surface area contributed by atoms with Crippen molar-refractivity contribution in [1.29, 1.82) is 0 Å². The molecule has 0 spiro atoms. The zero-order chi connectivity index (χ0) is 35.6. The summed E-state index contributed by atoms with van der Waals surface area (Å²) in [5.74, 6) is -1.46. The maximum Gasteiger partial charge on any atom is 0.336 e. The number of carbonyl (C=O) groups is 4. The predicted octanol–water partition coefficient (Wildman–Crippen LogP) is 4.30. The van der Waals surface area contributed by atoms with Crippen molar-refractivity contribution in [3.63, 3.8) is 0 Å². The number of hydrogen-bond acceptors (Lipinski definition) is 7. The highest BCUT2D eigenvalue weighted by atomic mass is 16.4. The van der Waals surface area contributed by atoms with E-state index in [1.54, 1.807) is 76.4 Å². The highest BCUT2D eigenvalue weighted by Crippen LogP contribution is 2.30. The third kappa shape index (κ3) is 7.03. The summed E-state index contributed by atoms with van der Waals surface area (Å²) in [5.41, 5.74) is 4.07. The molecule has 2 saturated heterocycles. The van der Waals surface area contributed by atoms with Gasteiger partial charge >= 0.3 is 12.0 Å². The number of likely N-dealkylation sites (N-methyl/N-ethyl adjacent to an activating group) is 1. The number of hydrogen-bond donors (Lipinski definition) is 3. The first-order chi connectivity index (χ1) is 24.7. The minimum absolute atomic E-state index is 0. The topological polar surface area (TPSA) is 152 Å². The summed E-state index contributed by atoms with van der Waals surface area (Å²) < 4.78 is 1.74. The van der Waals surface area contributed by atoms with E-state index in [9.17, 15) is 29.4 Å². The molecule has 52 heavy (non-hydrogen) atoms. The molecule has 2 aliphatic heterocycles. The van der Waals surface area contributed by atoms with Crippen LogP contribution in [0.5, 0.6) is 5.75 Å². The Morgan fingerprint density at radius 2 is 1.58 bits per heavy atom. The van der Waals surface area contributed by atoms with E-state index in [2.05, 4.69) is 10.4 Å². The van der Waals surface area contributed by atoms with Gasteiger partial charge in [0.05, 0.1) is 36.9 Å². The second kappa shape index (κ2) is 15.0. The van der Waals surface area contributed by atoms with Gasteiger partial charge in [0, 0.05) is 31.9 Å². The number of aromatic carboxylic acids is 1. The van der Waals surface area contributed by atoms with Crippen molar-refractivity contribution in [2.24, 2.45) is 0 Å². The highest BCUT2D eigenvalue weighted by molar-refractivity contribution is 5.92. The molecule has 0 saturated carbocycles. The smallest absolute Gasteiger partial charge is 0.336 e. The van der Waals surface area contributed by atoms with E-state index in [-0.39, 0.29) is 69.7 Å². The number of phenolic OH excluding ortho intramolecular Hbond substituents is 1. The number of fused-ring (bicyclic) bond motifs is 2. The first-order valence-corrected chi connectivity index (χ1v) is 16.6. The number of piperazine rings is 1. The third-order valence-corrected chi connectivity index (χ3v) is 9.51. The van der Waals surface area contributed by atoms with Gasteiger partial charge in [0.25, 0.3) is 0 Å². The summed E-state index contributed by atoms with van der Waals surface area (Å²) in [6.07, 6.45) is 1.11. The Morgan fingerprint density at radius 1 is 0.865 bits per heavy atom. The molecular weight excluding hydrogens is 662 g/mol. The van der Waals surface area contributed by atoms with Crippen LogP contribution in [-0.2, 0) is 35.6 Å². The van der Waals surface area contributed by atoms with E-state index in [1.165, 1.54) is 9.91 Å². The highest BCUT2D eigenvalue weighted by Gasteiger charge is 2.50. The van der Waals surface area contributed by atoms with Gasteiger partial charge in [0.1, 0.15) is 18.0 Å². The SMILES string of the molecule is C.CN1CC(=O)N2[C@@H](Cc3ccc(O)cc3)C(=O)N(Cc3cccc4c3cnn4Cc3ccccc3C(=O)O)C[C@@H]2N1C(=O)NCc1ccccc1. The maximum atomic E-state index is 14.4. The molecule has 2 fully saturated rings. The van der Waals surface area contributed by atoms with E-state index in [4.69, 9.17) is 0 Å². The lowest BCUT2D eigenvalue weighted by molar-refractivity contribution is -0.187. The quantitative estimate of drug-likeness (QED) is 0.206. The Bertz CT molecular complexity index is 2100. The lowest BCUT2D eigenvalue weighted by Gasteiger charge is -2.54. The van der Waals surface area contributed by atoms with Gasteiger partial charge in [-0.05, 0) is 46.5 Å². The number of urea groups is 1. The number of amides is 4. The number of nitrogens with zero attached hydrogens (tertiary/aromatic N) is 6. The number of nitrogens with one attached hydrogen (secondary N) is 1. The van der Waals surface area contributed by atoms with Crippen LogP contribution in [0.2, 0.25) is 0 Å². The molecule has 2 atom stereocenters. The van der Waals surface area contributed by atoms with E-state index in [0.717, 1.165) is 27.6 Å². The molecule has 13 heteroatoms. The average Bonchev–Trinajstić information content (AvgIpc) is 3.54. The molecule has 4 amide bonds. The van der Waals surface area contributed by atoms with Crippen molar-refractivity contribution in [3.05, 3.63) is 131 Å². The van der Waals surface area contributed by atoms with Crippen LogP contribution in [0.3, 0.4) is 0 Å². The van der Waals surface area contributed by atoms with Crippen LogP contribution in [0.25, 0.3) is 10.9 Å². The van der Waals surface area contributed by atoms with Crippen LogP contribution in [0, 0.1) is 0 Å². The molecule has 13 nitrogen and oxygen atoms in total. The van der Waals surface area contributed by atoms with Gasteiger partial charge in [-0.25, -0.2) is 19.6 Å².